The van der Waals surface area contributed by atoms with Gasteiger partial charge in [0.2, 0.25) is 10.0 Å². The van der Waals surface area contributed by atoms with E-state index in [-0.39, 0.29) is 35.9 Å². The van der Waals surface area contributed by atoms with Crippen molar-refractivity contribution >= 4 is 21.9 Å². The molecule has 37 heavy (non-hydrogen) atoms. The van der Waals surface area contributed by atoms with Gasteiger partial charge in [-0.1, -0.05) is 42.5 Å². The van der Waals surface area contributed by atoms with Crippen LogP contribution in [0.5, 0.6) is 0 Å². The molecule has 8 heteroatoms. The summed E-state index contributed by atoms with van der Waals surface area (Å²) in [6.45, 7) is -0.0565. The maximum Gasteiger partial charge on any atom is 0.308 e. The van der Waals surface area contributed by atoms with Crippen molar-refractivity contribution in [1.29, 1.82) is 0 Å². The lowest BCUT2D eigenvalue weighted by atomic mass is 9.53. The van der Waals surface area contributed by atoms with Gasteiger partial charge in [-0.05, 0) is 86.0 Å². The summed E-state index contributed by atoms with van der Waals surface area (Å²) in [6, 6.07) is 15.2. The van der Waals surface area contributed by atoms with Gasteiger partial charge in [0.05, 0.1) is 17.4 Å². The topological polar surface area (TPSA) is 92.8 Å². The van der Waals surface area contributed by atoms with Gasteiger partial charge in [0.25, 0.3) is 5.91 Å². The summed E-state index contributed by atoms with van der Waals surface area (Å²) >= 11 is 0. The van der Waals surface area contributed by atoms with Gasteiger partial charge < -0.3 is 10.1 Å². The number of benzene rings is 2. The first kappa shape index (κ1) is 24.6. The molecule has 0 radical (unpaired) electrons. The van der Waals surface area contributed by atoms with E-state index in [9.17, 15) is 18.0 Å². The summed E-state index contributed by atoms with van der Waals surface area (Å²) in [5, 5.41) is 3.23. The van der Waals surface area contributed by atoms with Crippen molar-refractivity contribution in [2.24, 2.45) is 17.8 Å². The largest absolute Gasteiger partial charge is 0.456 e. The Labute approximate surface area is 218 Å². The fourth-order valence-electron chi connectivity index (χ4n) is 7.81. The van der Waals surface area contributed by atoms with Crippen LogP contribution in [-0.4, -0.2) is 43.3 Å². The van der Waals surface area contributed by atoms with E-state index in [1.807, 2.05) is 24.3 Å². The molecule has 7 rings (SSSR count). The van der Waals surface area contributed by atoms with Crippen LogP contribution in [0.15, 0.2) is 59.5 Å². The third-order valence-corrected chi connectivity index (χ3v) is 10.8. The molecule has 1 N–H and O–H groups in total. The van der Waals surface area contributed by atoms with Crippen LogP contribution >= 0.6 is 0 Å². The lowest BCUT2D eigenvalue weighted by Gasteiger charge is -2.56. The number of hydrogen-bond donors (Lipinski definition) is 1. The first-order chi connectivity index (χ1) is 17.8. The molecule has 4 saturated carbocycles. The van der Waals surface area contributed by atoms with Gasteiger partial charge in [0.1, 0.15) is 0 Å². The molecule has 1 unspecified atom stereocenters. The number of rotatable bonds is 7. The fourth-order valence-corrected chi connectivity index (χ4v) is 9.44. The Morgan fingerprint density at radius 3 is 2.22 bits per heavy atom. The Hall–Kier alpha value is -2.71. The van der Waals surface area contributed by atoms with Gasteiger partial charge in [0, 0.05) is 12.1 Å². The zero-order valence-electron chi connectivity index (χ0n) is 21.0. The molecule has 196 valence electrons. The first-order valence-corrected chi connectivity index (χ1v) is 14.9. The summed E-state index contributed by atoms with van der Waals surface area (Å²) < 4.78 is 33.9. The summed E-state index contributed by atoms with van der Waals surface area (Å²) in [4.78, 5) is 26.0. The van der Waals surface area contributed by atoms with Crippen LogP contribution in [0.3, 0.4) is 0 Å². The molecule has 0 saturated heterocycles. The van der Waals surface area contributed by atoms with Crippen LogP contribution in [0.2, 0.25) is 0 Å². The number of nitrogens with zero attached hydrogens (tertiary/aromatic N) is 1. The summed E-state index contributed by atoms with van der Waals surface area (Å²) in [7, 11) is -3.82. The van der Waals surface area contributed by atoms with Crippen LogP contribution in [-0.2, 0) is 30.8 Å². The number of hydrogen-bond acceptors (Lipinski definition) is 5. The first-order valence-electron chi connectivity index (χ1n) is 13.4. The Morgan fingerprint density at radius 1 is 0.919 bits per heavy atom. The minimum Gasteiger partial charge on any atom is -0.456 e. The van der Waals surface area contributed by atoms with E-state index >= 15 is 0 Å². The number of amides is 1. The van der Waals surface area contributed by atoms with Crippen molar-refractivity contribution in [2.45, 2.75) is 67.8 Å². The maximum absolute atomic E-state index is 13.5. The van der Waals surface area contributed by atoms with E-state index in [4.69, 9.17) is 4.74 Å². The molecule has 1 aliphatic heterocycles. The molecule has 2 aromatic carbocycles. The van der Waals surface area contributed by atoms with Gasteiger partial charge in [-0.15, -0.1) is 0 Å². The molecule has 0 spiro atoms. The van der Waals surface area contributed by atoms with E-state index in [1.54, 1.807) is 30.3 Å². The Kier molecular flexibility index (Phi) is 6.35. The third kappa shape index (κ3) is 4.81. The predicted molar refractivity (Wildman–Crippen MR) is 138 cm³/mol. The Bertz CT molecular complexity index is 1260. The van der Waals surface area contributed by atoms with Gasteiger partial charge in [-0.25, -0.2) is 8.42 Å². The maximum atomic E-state index is 13.5. The number of carbonyl (C=O) groups is 2. The zero-order chi connectivity index (χ0) is 25.6. The molecular weight excluding hydrogens is 488 g/mol. The highest BCUT2D eigenvalue weighted by molar-refractivity contribution is 7.89. The summed E-state index contributed by atoms with van der Waals surface area (Å²) in [5.41, 5.74) is 1.70. The van der Waals surface area contributed by atoms with E-state index in [2.05, 4.69) is 5.32 Å². The van der Waals surface area contributed by atoms with E-state index in [1.165, 1.54) is 23.6 Å². The monoisotopic (exact) mass is 522 g/mol. The van der Waals surface area contributed by atoms with Crippen molar-refractivity contribution in [3.63, 3.8) is 0 Å². The quantitative estimate of drug-likeness (QED) is 0.555. The number of esters is 1. The van der Waals surface area contributed by atoms with Gasteiger partial charge in [0.15, 0.2) is 6.61 Å². The number of sulfonamides is 1. The molecule has 1 heterocycles. The minimum absolute atomic E-state index is 0.138. The summed E-state index contributed by atoms with van der Waals surface area (Å²) in [6.07, 6.45) is 7.38. The fraction of sp³-hybridized carbons (Fsp3) is 0.517. The molecule has 0 aromatic heterocycles. The van der Waals surface area contributed by atoms with Gasteiger partial charge in [-0.2, -0.15) is 4.31 Å². The van der Waals surface area contributed by atoms with Crippen LogP contribution in [0.4, 0.5) is 0 Å². The van der Waals surface area contributed by atoms with E-state index < -0.39 is 22.0 Å². The lowest BCUT2D eigenvalue weighted by molar-refractivity contribution is -0.151. The Balaban J connectivity index is 1.14. The number of carbonyl (C=O) groups excluding carboxylic acids is 2. The minimum atomic E-state index is -3.82. The SMILES string of the molecule is O=C(COC(=O)CC1c2ccccc2CCN1S(=O)(=O)c1ccccc1)NC12CC3CC(CC(C3)C1)C2. The second-order valence-corrected chi connectivity index (χ2v) is 13.4. The molecular formula is C29H34N2O5S. The summed E-state index contributed by atoms with van der Waals surface area (Å²) in [5.74, 6) is 1.29. The predicted octanol–water partition coefficient (Wildman–Crippen LogP) is 3.99. The normalized spacial score (nSPS) is 30.5. The third-order valence-electron chi connectivity index (χ3n) is 8.88. The molecule has 2 aromatic rings. The molecule has 1 atom stereocenters. The van der Waals surface area contributed by atoms with Crippen LogP contribution < -0.4 is 5.32 Å². The van der Waals surface area contributed by atoms with Crippen molar-refractivity contribution in [2.75, 3.05) is 13.2 Å². The molecule has 4 aliphatic carbocycles. The van der Waals surface area contributed by atoms with Crippen molar-refractivity contribution in [3.05, 3.63) is 65.7 Å². The highest BCUT2D eigenvalue weighted by atomic mass is 32.2. The molecule has 5 aliphatic rings. The van der Waals surface area contributed by atoms with Crippen LogP contribution in [0.1, 0.15) is 62.1 Å². The number of fused-ring (bicyclic) bond motifs is 1. The van der Waals surface area contributed by atoms with Crippen molar-refractivity contribution in [3.8, 4) is 0 Å². The van der Waals surface area contributed by atoms with Crippen molar-refractivity contribution in [1.82, 2.24) is 9.62 Å². The van der Waals surface area contributed by atoms with Crippen LogP contribution in [0.25, 0.3) is 0 Å². The smallest absolute Gasteiger partial charge is 0.308 e. The standard InChI is InChI=1S/C29H34N2O5S/c32-27(30-29-16-20-12-21(17-29)14-22(13-20)18-29)19-36-28(33)15-26-25-9-5-4-6-23(25)10-11-31(26)37(34,35)24-7-2-1-3-8-24/h1-9,20-22,26H,10-19H2,(H,30,32). The second kappa shape index (κ2) is 9.55. The highest BCUT2D eigenvalue weighted by Gasteiger charge is 2.51. The van der Waals surface area contributed by atoms with E-state index in [0.717, 1.165) is 30.4 Å². The molecule has 7 nitrogen and oxygen atoms in total. The average molecular weight is 523 g/mol. The highest BCUT2D eigenvalue weighted by Crippen LogP contribution is 2.55. The molecule has 1 amide bonds. The van der Waals surface area contributed by atoms with Gasteiger partial charge in [-0.3, -0.25) is 9.59 Å². The lowest BCUT2D eigenvalue weighted by Crippen LogP contribution is -2.60. The Morgan fingerprint density at radius 2 is 1.54 bits per heavy atom. The average Bonchev–Trinajstić information content (AvgIpc) is 2.87. The van der Waals surface area contributed by atoms with Gasteiger partial charge >= 0.3 is 5.97 Å². The molecule has 4 fully saturated rings. The van der Waals surface area contributed by atoms with E-state index in [0.29, 0.717) is 24.2 Å². The molecule has 4 bridgehead atoms. The van der Waals surface area contributed by atoms with Crippen molar-refractivity contribution < 1.29 is 22.7 Å². The second-order valence-electron chi connectivity index (χ2n) is 11.5. The number of nitrogens with one attached hydrogen (secondary N) is 1. The zero-order valence-corrected chi connectivity index (χ0v) is 21.8. The number of ether oxygens (including phenoxy) is 1. The van der Waals surface area contributed by atoms with Crippen LogP contribution in [0, 0.1) is 17.8 Å².